The van der Waals surface area contributed by atoms with Crippen molar-refractivity contribution in [2.24, 2.45) is 0 Å². The van der Waals surface area contributed by atoms with Crippen molar-refractivity contribution < 1.29 is 13.2 Å². The molecule has 0 radical (unpaired) electrons. The summed E-state index contributed by atoms with van der Waals surface area (Å²) in [5.41, 5.74) is -0.515. The molecule has 2 aromatic rings. The monoisotopic (exact) mass is 260 g/mol. The van der Waals surface area contributed by atoms with Crippen LogP contribution in [0.1, 0.15) is 5.56 Å². The van der Waals surface area contributed by atoms with Crippen LogP contribution in [0.2, 0.25) is 0 Å². The van der Waals surface area contributed by atoms with Gasteiger partial charge >= 0.3 is 6.18 Å². The first-order valence-corrected chi connectivity index (χ1v) is 4.90. The quantitative estimate of drug-likeness (QED) is 0.611. The lowest BCUT2D eigenvalue weighted by Gasteiger charge is -2.07. The van der Waals surface area contributed by atoms with Gasteiger partial charge in [-0.15, -0.1) is 0 Å². The van der Waals surface area contributed by atoms with E-state index in [0.29, 0.717) is 0 Å². The van der Waals surface area contributed by atoms with Crippen LogP contribution < -0.4 is 5.84 Å². The summed E-state index contributed by atoms with van der Waals surface area (Å²) in [5, 5.41) is 6.17. The molecule has 90 valence electrons. The number of alkyl halides is 3. The van der Waals surface area contributed by atoms with Crippen LogP contribution >= 0.6 is 12.2 Å². The van der Waals surface area contributed by atoms with Crippen LogP contribution in [0.3, 0.4) is 0 Å². The summed E-state index contributed by atoms with van der Waals surface area (Å²) in [6, 6.07) is 4.71. The molecule has 4 nitrogen and oxygen atoms in total. The van der Waals surface area contributed by atoms with Crippen molar-refractivity contribution in [2.75, 3.05) is 5.84 Å². The van der Waals surface area contributed by atoms with E-state index in [9.17, 15) is 13.2 Å². The van der Waals surface area contributed by atoms with Gasteiger partial charge in [0.05, 0.1) is 5.56 Å². The summed E-state index contributed by atoms with van der Waals surface area (Å²) in [4.78, 5) is 0. The van der Waals surface area contributed by atoms with Crippen molar-refractivity contribution in [1.29, 1.82) is 0 Å². The predicted octanol–water partition coefficient (Wildman–Crippen LogP) is 2.34. The average molecular weight is 260 g/mol. The summed E-state index contributed by atoms with van der Waals surface area (Å²) in [6.45, 7) is 0. The van der Waals surface area contributed by atoms with Gasteiger partial charge in [-0.2, -0.15) is 18.3 Å². The predicted molar refractivity (Wildman–Crippen MR) is 58.0 cm³/mol. The lowest BCUT2D eigenvalue weighted by atomic mass is 10.1. The Morgan fingerprint density at radius 2 is 2.06 bits per heavy atom. The second-order valence-electron chi connectivity index (χ2n) is 3.30. The highest BCUT2D eigenvalue weighted by molar-refractivity contribution is 7.71. The van der Waals surface area contributed by atoms with Gasteiger partial charge in [0.2, 0.25) is 4.77 Å². The summed E-state index contributed by atoms with van der Waals surface area (Å²) in [5.74, 6) is 5.69. The number of benzene rings is 1. The van der Waals surface area contributed by atoms with Crippen LogP contribution in [-0.4, -0.2) is 14.9 Å². The molecule has 0 aliphatic heterocycles. The second-order valence-corrected chi connectivity index (χ2v) is 3.69. The van der Waals surface area contributed by atoms with Crippen LogP contribution in [-0.2, 0) is 6.18 Å². The Balaban J connectivity index is 2.54. The molecule has 0 fully saturated rings. The molecule has 0 aliphatic carbocycles. The summed E-state index contributed by atoms with van der Waals surface area (Å²) >= 11 is 4.78. The average Bonchev–Trinajstić information content (AvgIpc) is 2.59. The Bertz CT molecular complexity index is 599. The Labute approximate surface area is 98.8 Å². The van der Waals surface area contributed by atoms with E-state index in [4.69, 9.17) is 18.1 Å². The molecule has 1 heterocycles. The van der Waals surface area contributed by atoms with Gasteiger partial charge in [-0.3, -0.25) is 0 Å². The third kappa shape index (κ3) is 2.16. The molecule has 0 amide bonds. The number of nitrogen functional groups attached to an aromatic ring is 1. The molecule has 0 bridgehead atoms. The number of H-pyrrole nitrogens is 1. The Morgan fingerprint density at radius 3 is 2.59 bits per heavy atom. The smallest absolute Gasteiger partial charge is 0.335 e. The van der Waals surface area contributed by atoms with E-state index in [-0.39, 0.29) is 16.2 Å². The van der Waals surface area contributed by atoms with Crippen molar-refractivity contribution in [2.45, 2.75) is 6.18 Å². The molecule has 0 saturated heterocycles. The standard InChI is InChI=1S/C9H7F3N4S/c10-9(11,12)6-3-1-2-5(4-6)7-14-15-8(17)16(7)13/h1-4H,13H2,(H,15,17). The minimum absolute atomic E-state index is 0.136. The zero-order valence-electron chi connectivity index (χ0n) is 8.32. The fourth-order valence-electron chi connectivity index (χ4n) is 1.34. The van der Waals surface area contributed by atoms with E-state index in [1.54, 1.807) is 0 Å². The number of nitrogens with one attached hydrogen (secondary N) is 1. The number of aromatic nitrogens is 3. The van der Waals surface area contributed by atoms with Crippen LogP contribution in [0.15, 0.2) is 24.3 Å². The van der Waals surface area contributed by atoms with E-state index in [1.807, 2.05) is 0 Å². The lowest BCUT2D eigenvalue weighted by molar-refractivity contribution is -0.137. The summed E-state index contributed by atoms with van der Waals surface area (Å²) in [7, 11) is 0. The highest BCUT2D eigenvalue weighted by Gasteiger charge is 2.30. The van der Waals surface area contributed by atoms with Gasteiger partial charge in [-0.1, -0.05) is 12.1 Å². The van der Waals surface area contributed by atoms with E-state index < -0.39 is 11.7 Å². The van der Waals surface area contributed by atoms with Gasteiger partial charge in [0.15, 0.2) is 5.82 Å². The van der Waals surface area contributed by atoms with Gasteiger partial charge in [-0.25, -0.2) is 9.77 Å². The van der Waals surface area contributed by atoms with E-state index in [2.05, 4.69) is 10.2 Å². The minimum atomic E-state index is -4.40. The molecule has 0 unspecified atom stereocenters. The molecular formula is C9H7F3N4S. The molecule has 0 spiro atoms. The third-order valence-electron chi connectivity index (χ3n) is 2.15. The molecule has 0 aliphatic rings. The highest BCUT2D eigenvalue weighted by Crippen LogP contribution is 2.31. The molecular weight excluding hydrogens is 253 g/mol. The van der Waals surface area contributed by atoms with Gasteiger partial charge < -0.3 is 5.84 Å². The number of nitrogens with zero attached hydrogens (tertiary/aromatic N) is 2. The molecule has 0 saturated carbocycles. The van der Waals surface area contributed by atoms with Crippen LogP contribution in [0.5, 0.6) is 0 Å². The molecule has 3 N–H and O–H groups in total. The fourth-order valence-corrected chi connectivity index (χ4v) is 1.48. The SMILES string of the molecule is Nn1c(-c2cccc(C(F)(F)F)c2)n[nH]c1=S. The van der Waals surface area contributed by atoms with Crippen molar-refractivity contribution in [3.8, 4) is 11.4 Å². The number of rotatable bonds is 1. The lowest BCUT2D eigenvalue weighted by Crippen LogP contribution is -2.10. The highest BCUT2D eigenvalue weighted by atomic mass is 32.1. The summed E-state index contributed by atoms with van der Waals surface area (Å²) < 4.78 is 38.7. The van der Waals surface area contributed by atoms with E-state index in [0.717, 1.165) is 16.8 Å². The molecule has 2 rings (SSSR count). The number of hydrogen-bond donors (Lipinski definition) is 2. The third-order valence-corrected chi connectivity index (χ3v) is 2.44. The first-order chi connectivity index (χ1) is 7.89. The first-order valence-electron chi connectivity index (χ1n) is 4.50. The molecule has 0 atom stereocenters. The topological polar surface area (TPSA) is 59.6 Å². The maximum atomic E-state index is 12.5. The van der Waals surface area contributed by atoms with Gasteiger partial charge in [0, 0.05) is 5.56 Å². The minimum Gasteiger partial charge on any atom is -0.335 e. The molecule has 17 heavy (non-hydrogen) atoms. The number of aromatic amines is 1. The van der Waals surface area contributed by atoms with Gasteiger partial charge in [-0.05, 0) is 24.4 Å². The number of hydrogen-bond acceptors (Lipinski definition) is 3. The normalized spacial score (nSPS) is 11.7. The Kier molecular flexibility index (Phi) is 2.66. The number of halogens is 3. The van der Waals surface area contributed by atoms with Crippen molar-refractivity contribution in [3.05, 3.63) is 34.6 Å². The largest absolute Gasteiger partial charge is 0.416 e. The fraction of sp³-hybridized carbons (Fsp3) is 0.111. The Hall–Kier alpha value is -1.83. The zero-order chi connectivity index (χ0) is 12.6. The summed E-state index contributed by atoms with van der Waals surface area (Å²) in [6.07, 6.45) is -4.40. The van der Waals surface area contributed by atoms with Crippen LogP contribution in [0.4, 0.5) is 13.2 Å². The zero-order valence-corrected chi connectivity index (χ0v) is 9.14. The second kappa shape index (κ2) is 3.88. The first kappa shape index (κ1) is 11.6. The molecule has 1 aromatic heterocycles. The van der Waals surface area contributed by atoms with Crippen molar-refractivity contribution in [1.82, 2.24) is 14.9 Å². The van der Waals surface area contributed by atoms with E-state index in [1.165, 1.54) is 12.1 Å². The maximum absolute atomic E-state index is 12.5. The van der Waals surface area contributed by atoms with Crippen LogP contribution in [0, 0.1) is 4.77 Å². The van der Waals surface area contributed by atoms with Gasteiger partial charge in [0.1, 0.15) is 0 Å². The maximum Gasteiger partial charge on any atom is 0.416 e. The molecule has 1 aromatic carbocycles. The van der Waals surface area contributed by atoms with Crippen molar-refractivity contribution >= 4 is 12.2 Å². The Morgan fingerprint density at radius 1 is 1.35 bits per heavy atom. The van der Waals surface area contributed by atoms with E-state index >= 15 is 0 Å². The van der Waals surface area contributed by atoms with Crippen molar-refractivity contribution in [3.63, 3.8) is 0 Å². The van der Waals surface area contributed by atoms with Gasteiger partial charge in [0.25, 0.3) is 0 Å². The van der Waals surface area contributed by atoms with Crippen LogP contribution in [0.25, 0.3) is 11.4 Å². The molecule has 8 heteroatoms. The number of nitrogens with two attached hydrogens (primary N) is 1.